The molecule has 0 bridgehead atoms. The molecule has 94 valence electrons. The number of carbonyl (C=O) groups excluding carboxylic acids is 1. The first-order chi connectivity index (χ1) is 8.13. The summed E-state index contributed by atoms with van der Waals surface area (Å²) in [6.07, 6.45) is 1.18. The van der Waals surface area contributed by atoms with Crippen molar-refractivity contribution < 1.29 is 18.3 Å². The average Bonchev–Trinajstić information content (AvgIpc) is 2.27. The van der Waals surface area contributed by atoms with Crippen LogP contribution in [-0.4, -0.2) is 12.5 Å². The van der Waals surface area contributed by atoms with E-state index in [1.165, 1.54) is 6.07 Å². The van der Waals surface area contributed by atoms with Crippen LogP contribution in [0.25, 0.3) is 0 Å². The molecule has 0 spiro atoms. The number of hydrogen-bond donors (Lipinski definition) is 1. The topological polar surface area (TPSA) is 38.3 Å². The zero-order valence-electron chi connectivity index (χ0n) is 9.58. The van der Waals surface area contributed by atoms with Crippen molar-refractivity contribution in [1.82, 2.24) is 5.32 Å². The Morgan fingerprint density at radius 3 is 2.76 bits per heavy atom. The van der Waals surface area contributed by atoms with Gasteiger partial charge in [0.2, 0.25) is 5.91 Å². The molecule has 1 amide bonds. The van der Waals surface area contributed by atoms with Crippen LogP contribution in [0.1, 0.15) is 25.3 Å². The van der Waals surface area contributed by atoms with Gasteiger partial charge < -0.3 is 10.1 Å². The molecule has 1 N–H and O–H groups in total. The lowest BCUT2D eigenvalue weighted by Crippen LogP contribution is -2.22. The lowest BCUT2D eigenvalue weighted by Gasteiger charge is -2.11. The minimum Gasteiger partial charge on any atom is -0.434 e. The van der Waals surface area contributed by atoms with Gasteiger partial charge in [-0.25, -0.2) is 0 Å². The van der Waals surface area contributed by atoms with Crippen LogP contribution in [0.15, 0.2) is 24.3 Å². The highest BCUT2D eigenvalue weighted by Gasteiger charge is 2.09. The van der Waals surface area contributed by atoms with E-state index >= 15 is 0 Å². The molecule has 0 aliphatic heterocycles. The van der Waals surface area contributed by atoms with Gasteiger partial charge >= 0.3 is 6.61 Å². The second kappa shape index (κ2) is 6.83. The van der Waals surface area contributed by atoms with Crippen LogP contribution in [0.5, 0.6) is 5.75 Å². The molecule has 0 atom stereocenters. The first kappa shape index (κ1) is 13.4. The molecule has 5 heteroatoms. The summed E-state index contributed by atoms with van der Waals surface area (Å²) in [4.78, 5) is 11.2. The Hall–Kier alpha value is -1.65. The predicted octanol–water partition coefficient (Wildman–Crippen LogP) is 2.70. The minimum atomic E-state index is -2.86. The smallest absolute Gasteiger partial charge is 0.387 e. The normalized spacial score (nSPS) is 10.4. The van der Waals surface area contributed by atoms with Crippen molar-refractivity contribution in [2.24, 2.45) is 0 Å². The van der Waals surface area contributed by atoms with Crippen LogP contribution in [0, 0.1) is 0 Å². The van der Waals surface area contributed by atoms with Crippen LogP contribution in [0.2, 0.25) is 0 Å². The van der Waals surface area contributed by atoms with Crippen LogP contribution >= 0.6 is 0 Å². The maximum atomic E-state index is 12.1. The Labute approximate surface area is 98.8 Å². The zero-order chi connectivity index (χ0) is 12.7. The maximum absolute atomic E-state index is 12.1. The van der Waals surface area contributed by atoms with E-state index in [2.05, 4.69) is 10.1 Å². The lowest BCUT2D eigenvalue weighted by molar-refractivity contribution is -0.121. The standard InChI is InChI=1S/C12H15F2NO2/c1-2-5-11(16)15-8-9-6-3-4-7-10(9)17-12(13)14/h3-4,6-7,12H,2,5,8H2,1H3,(H,15,16). The third-order valence-electron chi connectivity index (χ3n) is 2.14. The number of ether oxygens (including phenoxy) is 1. The van der Waals surface area contributed by atoms with Crippen molar-refractivity contribution in [3.05, 3.63) is 29.8 Å². The number of benzene rings is 1. The summed E-state index contributed by atoms with van der Waals surface area (Å²) in [6, 6.07) is 6.41. The van der Waals surface area contributed by atoms with Gasteiger partial charge in [-0.1, -0.05) is 25.1 Å². The second-order valence-electron chi connectivity index (χ2n) is 3.51. The SMILES string of the molecule is CCCC(=O)NCc1ccccc1OC(F)F. The maximum Gasteiger partial charge on any atom is 0.387 e. The Morgan fingerprint density at radius 1 is 1.41 bits per heavy atom. The lowest BCUT2D eigenvalue weighted by atomic mass is 10.2. The highest BCUT2D eigenvalue weighted by Crippen LogP contribution is 2.19. The summed E-state index contributed by atoms with van der Waals surface area (Å²) in [5, 5.41) is 2.65. The first-order valence-electron chi connectivity index (χ1n) is 5.43. The Morgan fingerprint density at radius 2 is 2.12 bits per heavy atom. The van der Waals surface area contributed by atoms with Gasteiger partial charge in [-0.15, -0.1) is 0 Å². The van der Waals surface area contributed by atoms with E-state index in [1.54, 1.807) is 18.2 Å². The van der Waals surface area contributed by atoms with Crippen molar-refractivity contribution in [3.8, 4) is 5.75 Å². The summed E-state index contributed by atoms with van der Waals surface area (Å²) in [7, 11) is 0. The summed E-state index contributed by atoms with van der Waals surface area (Å²) in [5.41, 5.74) is 0.539. The molecule has 1 rings (SSSR count). The second-order valence-corrected chi connectivity index (χ2v) is 3.51. The molecule has 0 heterocycles. The van der Waals surface area contributed by atoms with Crippen molar-refractivity contribution in [1.29, 1.82) is 0 Å². The minimum absolute atomic E-state index is 0.0966. The molecule has 0 aromatic heterocycles. The highest BCUT2D eigenvalue weighted by atomic mass is 19.3. The molecule has 0 fully saturated rings. The molecule has 0 aliphatic rings. The van der Waals surface area contributed by atoms with Crippen molar-refractivity contribution >= 4 is 5.91 Å². The average molecular weight is 243 g/mol. The quantitative estimate of drug-likeness (QED) is 0.834. The molecule has 0 radical (unpaired) electrons. The largest absolute Gasteiger partial charge is 0.434 e. The van der Waals surface area contributed by atoms with E-state index in [1.807, 2.05) is 6.92 Å². The number of nitrogens with one attached hydrogen (secondary N) is 1. The van der Waals surface area contributed by atoms with Gasteiger partial charge in [-0.2, -0.15) is 8.78 Å². The van der Waals surface area contributed by atoms with Crippen LogP contribution < -0.4 is 10.1 Å². The van der Waals surface area contributed by atoms with Crippen molar-refractivity contribution in [3.63, 3.8) is 0 Å². The van der Waals surface area contributed by atoms with Gasteiger partial charge in [0.25, 0.3) is 0 Å². The molecule has 1 aromatic carbocycles. The Kier molecular flexibility index (Phi) is 5.39. The van der Waals surface area contributed by atoms with E-state index in [0.717, 1.165) is 6.42 Å². The fourth-order valence-electron chi connectivity index (χ4n) is 1.37. The summed E-state index contributed by atoms with van der Waals surface area (Å²) >= 11 is 0. The van der Waals surface area contributed by atoms with Crippen LogP contribution in [-0.2, 0) is 11.3 Å². The van der Waals surface area contributed by atoms with Gasteiger partial charge in [0.15, 0.2) is 0 Å². The van der Waals surface area contributed by atoms with Gasteiger partial charge in [0.1, 0.15) is 5.75 Å². The number of rotatable bonds is 6. The molecular formula is C12H15F2NO2. The van der Waals surface area contributed by atoms with Crippen LogP contribution in [0.3, 0.4) is 0 Å². The summed E-state index contributed by atoms with van der Waals surface area (Å²) < 4.78 is 28.6. The van der Waals surface area contributed by atoms with E-state index < -0.39 is 6.61 Å². The third kappa shape index (κ3) is 4.80. The predicted molar refractivity (Wildman–Crippen MR) is 59.8 cm³/mol. The molecule has 0 saturated heterocycles. The van der Waals surface area contributed by atoms with E-state index in [4.69, 9.17) is 0 Å². The summed E-state index contributed by atoms with van der Waals surface area (Å²) in [6.45, 7) is -0.766. The van der Waals surface area contributed by atoms with Gasteiger partial charge in [-0.05, 0) is 12.5 Å². The van der Waals surface area contributed by atoms with Gasteiger partial charge in [-0.3, -0.25) is 4.79 Å². The molecule has 0 aliphatic carbocycles. The fourth-order valence-corrected chi connectivity index (χ4v) is 1.37. The van der Waals surface area contributed by atoms with Crippen molar-refractivity contribution in [2.75, 3.05) is 0 Å². The Bertz CT molecular complexity index is 369. The number of alkyl halides is 2. The highest BCUT2D eigenvalue weighted by molar-refractivity contribution is 5.75. The molecule has 17 heavy (non-hydrogen) atoms. The third-order valence-corrected chi connectivity index (χ3v) is 2.14. The molecular weight excluding hydrogens is 228 g/mol. The monoisotopic (exact) mass is 243 g/mol. The number of para-hydroxylation sites is 1. The molecule has 0 unspecified atom stereocenters. The number of amides is 1. The number of halogens is 2. The fraction of sp³-hybridized carbons (Fsp3) is 0.417. The van der Waals surface area contributed by atoms with Gasteiger partial charge in [0.05, 0.1) is 0 Å². The van der Waals surface area contributed by atoms with E-state index in [-0.39, 0.29) is 18.2 Å². The number of carbonyl (C=O) groups is 1. The summed E-state index contributed by atoms with van der Waals surface area (Å²) in [5.74, 6) is -0.00125. The zero-order valence-corrected chi connectivity index (χ0v) is 9.58. The molecule has 0 saturated carbocycles. The van der Waals surface area contributed by atoms with E-state index in [0.29, 0.717) is 12.0 Å². The van der Waals surface area contributed by atoms with Crippen LogP contribution in [0.4, 0.5) is 8.78 Å². The Balaban J connectivity index is 2.60. The molecule has 3 nitrogen and oxygen atoms in total. The molecule has 1 aromatic rings. The van der Waals surface area contributed by atoms with E-state index in [9.17, 15) is 13.6 Å². The number of hydrogen-bond acceptors (Lipinski definition) is 2. The van der Waals surface area contributed by atoms with Crippen molar-refractivity contribution in [2.45, 2.75) is 32.9 Å². The van der Waals surface area contributed by atoms with Gasteiger partial charge in [0, 0.05) is 18.5 Å². The first-order valence-corrected chi connectivity index (χ1v) is 5.43.